The molecule has 0 spiro atoms. The van der Waals surface area contributed by atoms with Crippen molar-refractivity contribution >= 4 is 5.69 Å². The van der Waals surface area contributed by atoms with E-state index >= 15 is 0 Å². The molecule has 1 aliphatic heterocycles. The third-order valence-corrected chi connectivity index (χ3v) is 3.81. The molecule has 0 aromatic heterocycles. The second-order valence-corrected chi connectivity index (χ2v) is 5.24. The van der Waals surface area contributed by atoms with Gasteiger partial charge in [-0.15, -0.1) is 0 Å². The second kappa shape index (κ2) is 5.70. The van der Waals surface area contributed by atoms with E-state index in [0.29, 0.717) is 11.6 Å². The summed E-state index contributed by atoms with van der Waals surface area (Å²) in [4.78, 5) is 2.25. The zero-order valence-electron chi connectivity index (χ0n) is 11.2. The van der Waals surface area contributed by atoms with E-state index in [1.807, 2.05) is 6.07 Å². The van der Waals surface area contributed by atoms with E-state index in [1.165, 1.54) is 18.9 Å². The van der Waals surface area contributed by atoms with Crippen LogP contribution in [0.2, 0.25) is 0 Å². The molecule has 0 amide bonds. The lowest BCUT2D eigenvalue weighted by Gasteiger charge is -2.32. The third-order valence-electron chi connectivity index (χ3n) is 3.81. The molecule has 3 heteroatoms. The summed E-state index contributed by atoms with van der Waals surface area (Å²) in [5.74, 6) is -0.307. The van der Waals surface area contributed by atoms with E-state index in [1.54, 1.807) is 13.0 Å². The van der Waals surface area contributed by atoms with Gasteiger partial charge in [0.05, 0.1) is 6.10 Å². The van der Waals surface area contributed by atoms with Gasteiger partial charge in [0.1, 0.15) is 5.82 Å². The quantitative estimate of drug-likeness (QED) is 0.867. The topological polar surface area (TPSA) is 23.5 Å². The van der Waals surface area contributed by atoms with Gasteiger partial charge in [0, 0.05) is 23.8 Å². The van der Waals surface area contributed by atoms with Gasteiger partial charge in [0.25, 0.3) is 0 Å². The summed E-state index contributed by atoms with van der Waals surface area (Å²) in [6, 6.07) is 5.49. The first kappa shape index (κ1) is 13.3. The highest BCUT2D eigenvalue weighted by atomic mass is 19.1. The van der Waals surface area contributed by atoms with E-state index in [2.05, 4.69) is 11.8 Å². The van der Waals surface area contributed by atoms with Crippen LogP contribution in [0.15, 0.2) is 18.2 Å². The summed E-state index contributed by atoms with van der Waals surface area (Å²) >= 11 is 0. The van der Waals surface area contributed by atoms with Gasteiger partial charge in [-0.05, 0) is 38.8 Å². The number of halogens is 1. The van der Waals surface area contributed by atoms with Crippen molar-refractivity contribution in [2.75, 3.05) is 11.4 Å². The molecule has 0 radical (unpaired) electrons. The first-order valence-corrected chi connectivity index (χ1v) is 6.84. The average molecular weight is 251 g/mol. The fraction of sp³-hybridized carbons (Fsp3) is 0.600. The van der Waals surface area contributed by atoms with Crippen LogP contribution < -0.4 is 4.90 Å². The highest BCUT2D eigenvalue weighted by Gasteiger charge is 2.23. The average Bonchev–Trinajstić information content (AvgIpc) is 2.53. The molecule has 1 fully saturated rings. The molecule has 1 saturated heterocycles. The standard InChI is InChI=1S/C15H22FNO/c1-11-7-4-3-5-10-17(11)14-9-6-8-13(16)15(14)12(2)18/h6,8-9,11-12,18H,3-5,7,10H2,1-2H3. The van der Waals surface area contributed by atoms with E-state index in [0.717, 1.165) is 25.1 Å². The highest BCUT2D eigenvalue weighted by molar-refractivity contribution is 5.56. The maximum absolute atomic E-state index is 13.9. The molecule has 100 valence electrons. The first-order chi connectivity index (χ1) is 8.61. The molecule has 2 rings (SSSR count). The maximum Gasteiger partial charge on any atom is 0.131 e. The highest BCUT2D eigenvalue weighted by Crippen LogP contribution is 2.32. The third kappa shape index (κ3) is 2.66. The Morgan fingerprint density at radius 2 is 2.11 bits per heavy atom. The summed E-state index contributed by atoms with van der Waals surface area (Å²) in [6.45, 7) is 4.76. The van der Waals surface area contributed by atoms with Gasteiger partial charge >= 0.3 is 0 Å². The number of hydrogen-bond acceptors (Lipinski definition) is 2. The molecule has 1 aliphatic rings. The van der Waals surface area contributed by atoms with Crippen molar-refractivity contribution < 1.29 is 9.50 Å². The van der Waals surface area contributed by atoms with Gasteiger partial charge < -0.3 is 10.0 Å². The monoisotopic (exact) mass is 251 g/mol. The summed E-state index contributed by atoms with van der Waals surface area (Å²) in [5.41, 5.74) is 1.30. The molecule has 2 unspecified atom stereocenters. The Labute approximate surface area is 108 Å². The molecule has 18 heavy (non-hydrogen) atoms. The maximum atomic E-state index is 13.9. The number of anilines is 1. The van der Waals surface area contributed by atoms with Crippen molar-refractivity contribution in [3.8, 4) is 0 Å². The van der Waals surface area contributed by atoms with Gasteiger partial charge in [-0.25, -0.2) is 4.39 Å². The molecule has 0 saturated carbocycles. The van der Waals surface area contributed by atoms with Crippen LogP contribution in [0.4, 0.5) is 10.1 Å². The van der Waals surface area contributed by atoms with Crippen LogP contribution in [0.3, 0.4) is 0 Å². The smallest absolute Gasteiger partial charge is 0.131 e. The van der Waals surface area contributed by atoms with E-state index in [9.17, 15) is 9.50 Å². The van der Waals surface area contributed by atoms with E-state index < -0.39 is 6.10 Å². The summed E-state index contributed by atoms with van der Waals surface area (Å²) in [6.07, 6.45) is 3.98. The van der Waals surface area contributed by atoms with Crippen molar-refractivity contribution in [3.63, 3.8) is 0 Å². The molecule has 2 atom stereocenters. The molecule has 0 aliphatic carbocycles. The molecule has 1 aromatic rings. The summed E-state index contributed by atoms with van der Waals surface area (Å²) < 4.78 is 13.9. The SMILES string of the molecule is CC(O)c1c(F)cccc1N1CCCCCC1C. The van der Waals surface area contributed by atoms with Gasteiger partial charge in [-0.1, -0.05) is 18.9 Å². The van der Waals surface area contributed by atoms with Gasteiger partial charge in [0.15, 0.2) is 0 Å². The number of rotatable bonds is 2. The molecule has 1 N–H and O–H groups in total. The number of aliphatic hydroxyl groups excluding tert-OH is 1. The Bertz CT molecular complexity index is 405. The Hall–Kier alpha value is -1.09. The van der Waals surface area contributed by atoms with E-state index in [4.69, 9.17) is 0 Å². The van der Waals surface area contributed by atoms with Crippen LogP contribution in [-0.2, 0) is 0 Å². The Kier molecular flexibility index (Phi) is 4.23. The zero-order valence-corrected chi connectivity index (χ0v) is 11.2. The van der Waals surface area contributed by atoms with Crippen LogP contribution in [-0.4, -0.2) is 17.7 Å². The molecule has 0 bridgehead atoms. The lowest BCUT2D eigenvalue weighted by molar-refractivity contribution is 0.194. The Balaban J connectivity index is 2.39. The number of hydrogen-bond donors (Lipinski definition) is 1. The predicted octanol–water partition coefficient (Wildman–Crippen LogP) is 3.65. The minimum Gasteiger partial charge on any atom is -0.389 e. The lowest BCUT2D eigenvalue weighted by atomic mass is 10.0. The largest absolute Gasteiger partial charge is 0.389 e. The van der Waals surface area contributed by atoms with Crippen LogP contribution in [0.1, 0.15) is 51.2 Å². The van der Waals surface area contributed by atoms with Gasteiger partial charge in [-0.3, -0.25) is 0 Å². The molecular weight excluding hydrogens is 229 g/mol. The fourth-order valence-electron chi connectivity index (χ4n) is 2.82. The predicted molar refractivity (Wildman–Crippen MR) is 72.3 cm³/mol. The van der Waals surface area contributed by atoms with Gasteiger partial charge in [0.2, 0.25) is 0 Å². The Morgan fingerprint density at radius 3 is 2.83 bits per heavy atom. The van der Waals surface area contributed by atoms with Crippen LogP contribution in [0.25, 0.3) is 0 Å². The minimum atomic E-state index is -0.767. The van der Waals surface area contributed by atoms with Crippen molar-refractivity contribution in [2.24, 2.45) is 0 Å². The molecule has 1 heterocycles. The van der Waals surface area contributed by atoms with Crippen molar-refractivity contribution in [2.45, 2.75) is 51.7 Å². The summed E-state index contributed by atoms with van der Waals surface area (Å²) in [5, 5.41) is 9.81. The number of nitrogens with zero attached hydrogens (tertiary/aromatic N) is 1. The first-order valence-electron chi connectivity index (χ1n) is 6.84. The summed E-state index contributed by atoms with van der Waals surface area (Å²) in [7, 11) is 0. The van der Waals surface area contributed by atoms with Crippen molar-refractivity contribution in [3.05, 3.63) is 29.6 Å². The molecule has 2 nitrogen and oxygen atoms in total. The van der Waals surface area contributed by atoms with Gasteiger partial charge in [-0.2, -0.15) is 0 Å². The van der Waals surface area contributed by atoms with Crippen molar-refractivity contribution in [1.29, 1.82) is 0 Å². The number of aliphatic hydroxyl groups is 1. The van der Waals surface area contributed by atoms with Crippen molar-refractivity contribution in [1.82, 2.24) is 0 Å². The minimum absolute atomic E-state index is 0.307. The van der Waals surface area contributed by atoms with Crippen LogP contribution >= 0.6 is 0 Å². The normalized spacial score (nSPS) is 22.7. The number of benzene rings is 1. The van der Waals surface area contributed by atoms with Crippen LogP contribution in [0.5, 0.6) is 0 Å². The zero-order chi connectivity index (χ0) is 13.1. The molecular formula is C15H22FNO. The Morgan fingerprint density at radius 1 is 1.33 bits per heavy atom. The van der Waals surface area contributed by atoms with E-state index in [-0.39, 0.29) is 5.82 Å². The second-order valence-electron chi connectivity index (χ2n) is 5.24. The molecule has 1 aromatic carbocycles. The fourth-order valence-corrected chi connectivity index (χ4v) is 2.82. The lowest BCUT2D eigenvalue weighted by Crippen LogP contribution is -2.33. The van der Waals surface area contributed by atoms with Crippen LogP contribution in [0, 0.1) is 5.82 Å².